The zero-order valence-corrected chi connectivity index (χ0v) is 6.51. The van der Waals surface area contributed by atoms with E-state index in [2.05, 4.69) is 12.2 Å². The summed E-state index contributed by atoms with van der Waals surface area (Å²) in [5.74, 6) is 0. The van der Waals surface area contributed by atoms with Gasteiger partial charge in [0, 0.05) is 0 Å². The molecular weight excluding hydrogens is 130 g/mol. The summed E-state index contributed by atoms with van der Waals surface area (Å²) in [6, 6.07) is 0. The second-order valence-electron chi connectivity index (χ2n) is 2.38. The second-order valence-corrected chi connectivity index (χ2v) is 2.38. The second kappa shape index (κ2) is 6.99. The molecule has 10 heavy (non-hydrogen) atoms. The average molecular weight is 147 g/mol. The zero-order valence-electron chi connectivity index (χ0n) is 6.51. The lowest BCUT2D eigenvalue weighted by Gasteiger charge is -2.06. The van der Waals surface area contributed by atoms with Crippen LogP contribution in [0, 0.1) is 0 Å². The SMILES string of the molecule is CCCNCCC(O)CO. The Balaban J connectivity index is 2.89. The van der Waals surface area contributed by atoms with Gasteiger partial charge in [0.2, 0.25) is 0 Å². The summed E-state index contributed by atoms with van der Waals surface area (Å²) in [4.78, 5) is 0. The number of hydrogen-bond donors (Lipinski definition) is 3. The molecule has 3 N–H and O–H groups in total. The minimum atomic E-state index is -0.552. The summed E-state index contributed by atoms with van der Waals surface area (Å²) in [6.45, 7) is 3.73. The van der Waals surface area contributed by atoms with Crippen LogP contribution in [0.2, 0.25) is 0 Å². The standard InChI is InChI=1S/C7H17NO2/c1-2-4-8-5-3-7(10)6-9/h7-10H,2-6H2,1H3. The maximum atomic E-state index is 8.87. The topological polar surface area (TPSA) is 52.5 Å². The molecular formula is C7H17NO2. The normalized spacial score (nSPS) is 13.5. The Morgan fingerprint density at radius 1 is 1.40 bits per heavy atom. The predicted molar refractivity (Wildman–Crippen MR) is 40.9 cm³/mol. The van der Waals surface area contributed by atoms with Crippen molar-refractivity contribution in [1.82, 2.24) is 5.32 Å². The van der Waals surface area contributed by atoms with Crippen molar-refractivity contribution in [1.29, 1.82) is 0 Å². The van der Waals surface area contributed by atoms with Gasteiger partial charge in [0.15, 0.2) is 0 Å². The van der Waals surface area contributed by atoms with Crippen molar-refractivity contribution in [3.05, 3.63) is 0 Å². The molecule has 1 atom stereocenters. The van der Waals surface area contributed by atoms with Crippen molar-refractivity contribution >= 4 is 0 Å². The van der Waals surface area contributed by atoms with Gasteiger partial charge in [0.25, 0.3) is 0 Å². The molecule has 0 bridgehead atoms. The molecule has 0 fully saturated rings. The fraction of sp³-hybridized carbons (Fsp3) is 1.00. The molecule has 0 spiro atoms. The fourth-order valence-corrected chi connectivity index (χ4v) is 0.662. The molecule has 1 unspecified atom stereocenters. The fourth-order valence-electron chi connectivity index (χ4n) is 0.662. The van der Waals surface area contributed by atoms with Crippen LogP contribution in [0.1, 0.15) is 19.8 Å². The minimum Gasteiger partial charge on any atom is -0.394 e. The van der Waals surface area contributed by atoms with Crippen LogP contribution in [0.15, 0.2) is 0 Å². The molecule has 0 radical (unpaired) electrons. The molecule has 3 nitrogen and oxygen atoms in total. The lowest BCUT2D eigenvalue weighted by atomic mass is 10.2. The first-order valence-corrected chi connectivity index (χ1v) is 3.81. The molecule has 0 saturated heterocycles. The van der Waals surface area contributed by atoms with Crippen LogP contribution in [0.4, 0.5) is 0 Å². The number of aliphatic hydroxyl groups is 2. The van der Waals surface area contributed by atoms with Crippen molar-refractivity contribution in [3.63, 3.8) is 0 Å². The first-order valence-electron chi connectivity index (χ1n) is 3.81. The van der Waals surface area contributed by atoms with Crippen molar-refractivity contribution in [2.75, 3.05) is 19.7 Å². The van der Waals surface area contributed by atoms with Crippen molar-refractivity contribution in [3.8, 4) is 0 Å². The van der Waals surface area contributed by atoms with Crippen LogP contribution < -0.4 is 5.32 Å². The van der Waals surface area contributed by atoms with Crippen LogP contribution in [0.25, 0.3) is 0 Å². The summed E-state index contributed by atoms with van der Waals surface area (Å²) in [7, 11) is 0. The first-order chi connectivity index (χ1) is 4.81. The van der Waals surface area contributed by atoms with E-state index in [-0.39, 0.29) is 6.61 Å². The highest BCUT2D eigenvalue weighted by atomic mass is 16.3. The molecule has 62 valence electrons. The number of aliphatic hydroxyl groups excluding tert-OH is 2. The van der Waals surface area contributed by atoms with Gasteiger partial charge in [0.1, 0.15) is 0 Å². The van der Waals surface area contributed by atoms with E-state index >= 15 is 0 Å². The molecule has 0 heterocycles. The average Bonchev–Trinajstić information content (AvgIpc) is 1.98. The van der Waals surface area contributed by atoms with Gasteiger partial charge < -0.3 is 15.5 Å². The Kier molecular flexibility index (Phi) is 6.91. The smallest absolute Gasteiger partial charge is 0.0783 e. The van der Waals surface area contributed by atoms with Crippen LogP contribution >= 0.6 is 0 Å². The van der Waals surface area contributed by atoms with Crippen LogP contribution in [0.5, 0.6) is 0 Å². The summed E-state index contributed by atoms with van der Waals surface area (Å²) in [6.07, 6.45) is 1.19. The van der Waals surface area contributed by atoms with Gasteiger partial charge in [-0.2, -0.15) is 0 Å². The monoisotopic (exact) mass is 147 g/mol. The number of nitrogens with one attached hydrogen (secondary N) is 1. The molecule has 0 aromatic carbocycles. The third kappa shape index (κ3) is 6.01. The van der Waals surface area contributed by atoms with Crippen molar-refractivity contribution in [2.45, 2.75) is 25.9 Å². The molecule has 0 rings (SSSR count). The molecule has 0 amide bonds. The van der Waals surface area contributed by atoms with Gasteiger partial charge in [-0.25, -0.2) is 0 Å². The van der Waals surface area contributed by atoms with Crippen LogP contribution in [-0.2, 0) is 0 Å². The summed E-state index contributed by atoms with van der Waals surface area (Å²) < 4.78 is 0. The summed E-state index contributed by atoms with van der Waals surface area (Å²) in [5, 5.41) is 20.4. The summed E-state index contributed by atoms with van der Waals surface area (Å²) >= 11 is 0. The van der Waals surface area contributed by atoms with Gasteiger partial charge in [-0.3, -0.25) is 0 Å². The maximum absolute atomic E-state index is 8.87. The molecule has 3 heteroatoms. The Labute approximate surface area is 62.1 Å². The first kappa shape index (κ1) is 9.88. The van der Waals surface area contributed by atoms with E-state index in [1.54, 1.807) is 0 Å². The van der Waals surface area contributed by atoms with Gasteiger partial charge >= 0.3 is 0 Å². The highest BCUT2D eigenvalue weighted by Crippen LogP contribution is 1.86. The van der Waals surface area contributed by atoms with E-state index < -0.39 is 6.10 Å². The van der Waals surface area contributed by atoms with E-state index in [4.69, 9.17) is 10.2 Å². The van der Waals surface area contributed by atoms with Gasteiger partial charge in [-0.1, -0.05) is 6.92 Å². The van der Waals surface area contributed by atoms with Crippen molar-refractivity contribution in [2.24, 2.45) is 0 Å². The van der Waals surface area contributed by atoms with Crippen LogP contribution in [-0.4, -0.2) is 36.0 Å². The highest BCUT2D eigenvalue weighted by Gasteiger charge is 1.98. The van der Waals surface area contributed by atoms with Gasteiger partial charge in [-0.05, 0) is 25.9 Å². The van der Waals surface area contributed by atoms with E-state index in [1.165, 1.54) is 0 Å². The minimum absolute atomic E-state index is 0.131. The molecule has 0 aromatic heterocycles. The van der Waals surface area contributed by atoms with E-state index in [9.17, 15) is 0 Å². The predicted octanol–water partition coefficient (Wildman–Crippen LogP) is -0.271. The Bertz CT molecular complexity index is 68.6. The number of hydrogen-bond acceptors (Lipinski definition) is 3. The lowest BCUT2D eigenvalue weighted by molar-refractivity contribution is 0.0884. The van der Waals surface area contributed by atoms with Gasteiger partial charge in [-0.15, -0.1) is 0 Å². The third-order valence-electron chi connectivity index (χ3n) is 1.29. The zero-order chi connectivity index (χ0) is 7.82. The molecule has 0 saturated carbocycles. The lowest BCUT2D eigenvalue weighted by Crippen LogP contribution is -2.22. The molecule has 0 aliphatic heterocycles. The Morgan fingerprint density at radius 2 is 2.10 bits per heavy atom. The number of rotatable bonds is 6. The van der Waals surface area contributed by atoms with E-state index in [0.717, 1.165) is 19.5 Å². The molecule has 0 aliphatic rings. The third-order valence-corrected chi connectivity index (χ3v) is 1.29. The van der Waals surface area contributed by atoms with Crippen molar-refractivity contribution < 1.29 is 10.2 Å². The van der Waals surface area contributed by atoms with E-state index in [1.807, 2.05) is 0 Å². The summed E-state index contributed by atoms with van der Waals surface area (Å²) in [5.41, 5.74) is 0. The molecule has 0 aromatic rings. The van der Waals surface area contributed by atoms with Crippen LogP contribution in [0.3, 0.4) is 0 Å². The van der Waals surface area contributed by atoms with Gasteiger partial charge in [0.05, 0.1) is 12.7 Å². The van der Waals surface area contributed by atoms with E-state index in [0.29, 0.717) is 6.42 Å². The quantitative estimate of drug-likeness (QED) is 0.453. The largest absolute Gasteiger partial charge is 0.394 e. The highest BCUT2D eigenvalue weighted by molar-refractivity contribution is 4.54. The Morgan fingerprint density at radius 3 is 2.60 bits per heavy atom. The Hall–Kier alpha value is -0.120. The molecule has 0 aliphatic carbocycles. The maximum Gasteiger partial charge on any atom is 0.0783 e.